The molecule has 0 saturated carbocycles. The van der Waals surface area contributed by atoms with Crippen molar-refractivity contribution in [2.24, 2.45) is 0 Å². The molecule has 2 N–H and O–H groups in total. The number of nitrogens with one attached hydrogen (secondary N) is 2. The molecule has 48 heavy (non-hydrogen) atoms. The summed E-state index contributed by atoms with van der Waals surface area (Å²) in [4.78, 5) is 52.3. The highest BCUT2D eigenvalue weighted by atomic mass is 16.2. The third-order valence-corrected chi connectivity index (χ3v) is 11.1. The second kappa shape index (κ2) is 14.7. The van der Waals surface area contributed by atoms with Crippen molar-refractivity contribution in [3.8, 4) is 11.4 Å². The molecule has 11 heteroatoms. The highest BCUT2D eigenvalue weighted by molar-refractivity contribution is 5.87. The number of H-pyrrole nitrogens is 1. The van der Waals surface area contributed by atoms with E-state index in [4.69, 9.17) is 0 Å². The van der Waals surface area contributed by atoms with Crippen molar-refractivity contribution in [2.45, 2.75) is 75.9 Å². The van der Waals surface area contributed by atoms with Crippen LogP contribution in [0.25, 0.3) is 11.4 Å². The molecule has 3 saturated heterocycles. The number of piperidine rings is 2. The number of carbonyl (C=O) groups is 2. The summed E-state index contributed by atoms with van der Waals surface area (Å²) in [5.41, 5.74) is 4.53. The molecule has 2 aromatic carbocycles. The summed E-state index contributed by atoms with van der Waals surface area (Å²) in [6, 6.07) is 15.9. The Balaban J connectivity index is 1.00. The van der Waals surface area contributed by atoms with Gasteiger partial charge in [-0.05, 0) is 88.2 Å². The number of likely N-dealkylation sites (tertiary alicyclic amines) is 2. The van der Waals surface area contributed by atoms with Gasteiger partial charge in [-0.15, -0.1) is 5.10 Å². The van der Waals surface area contributed by atoms with Gasteiger partial charge in [0.1, 0.15) is 6.04 Å². The quantitative estimate of drug-likeness (QED) is 0.405. The number of hydrogen-bond acceptors (Lipinski definition) is 6. The minimum Gasteiger partial charge on any atom is -0.338 e. The van der Waals surface area contributed by atoms with Crippen LogP contribution >= 0.6 is 0 Å². The molecular weight excluding hydrogens is 604 g/mol. The summed E-state index contributed by atoms with van der Waals surface area (Å²) in [7, 11) is 2.19. The first-order valence-corrected chi connectivity index (χ1v) is 18.0. The Morgan fingerprint density at radius 1 is 0.833 bits per heavy atom. The van der Waals surface area contributed by atoms with Gasteiger partial charge in [0.2, 0.25) is 5.91 Å². The van der Waals surface area contributed by atoms with Crippen LogP contribution in [0.15, 0.2) is 53.3 Å². The van der Waals surface area contributed by atoms with Gasteiger partial charge in [-0.1, -0.05) is 48.5 Å². The third-order valence-electron chi connectivity index (χ3n) is 11.1. The molecule has 11 nitrogen and oxygen atoms in total. The molecule has 7 rings (SSSR count). The molecule has 1 atom stereocenters. The topological polar surface area (TPSA) is 110 Å². The molecule has 1 aromatic heterocycles. The van der Waals surface area contributed by atoms with E-state index < -0.39 is 6.04 Å². The van der Waals surface area contributed by atoms with Crippen molar-refractivity contribution in [3.05, 3.63) is 75.7 Å². The van der Waals surface area contributed by atoms with Crippen LogP contribution in [-0.4, -0.2) is 118 Å². The number of rotatable bonds is 7. The molecule has 4 heterocycles. The number of aromatic nitrogens is 3. The first kappa shape index (κ1) is 32.6. The van der Waals surface area contributed by atoms with Gasteiger partial charge in [-0.25, -0.2) is 14.3 Å². The van der Waals surface area contributed by atoms with Crippen LogP contribution < -0.4 is 11.0 Å². The van der Waals surface area contributed by atoms with Crippen LogP contribution in [0.3, 0.4) is 0 Å². The first-order valence-electron chi connectivity index (χ1n) is 18.0. The summed E-state index contributed by atoms with van der Waals surface area (Å²) in [6.45, 7) is 6.38. The summed E-state index contributed by atoms with van der Waals surface area (Å²) >= 11 is 0. The molecule has 0 radical (unpaired) electrons. The number of aryl methyl sites for hydroxylation is 2. The highest BCUT2D eigenvalue weighted by Gasteiger charge is 2.34. The standard InChI is InChI=1S/C37H50N8O3/c1-41-17-13-31(14-18-41)42-21-23-43(24-22-42)35(46)33(26-27-11-12-28-7-5-6-10-30(28)25-27)38-36(47)44-19-15-32(16-20-44)45-37(48)39-34(40-45)29-8-3-2-4-9-29/h2-4,8-9,11-12,25,31-33H,5-7,10,13-24,26H2,1H3,(H,38,47)(H,39,40,48)/t33-/m1/s1. The molecule has 3 fully saturated rings. The van der Waals surface area contributed by atoms with Crippen LogP contribution in [0.2, 0.25) is 0 Å². The second-order valence-electron chi connectivity index (χ2n) is 14.2. The fraction of sp³-hybridized carbons (Fsp3) is 0.568. The average molecular weight is 655 g/mol. The number of fused-ring (bicyclic) bond motifs is 1. The van der Waals surface area contributed by atoms with Crippen molar-refractivity contribution < 1.29 is 9.59 Å². The molecule has 3 amide bonds. The highest BCUT2D eigenvalue weighted by Crippen LogP contribution is 2.25. The summed E-state index contributed by atoms with van der Waals surface area (Å²) in [5.74, 6) is 0.562. The first-order chi connectivity index (χ1) is 23.4. The molecule has 0 spiro atoms. The van der Waals surface area contributed by atoms with Crippen LogP contribution in [0.5, 0.6) is 0 Å². The molecule has 3 aromatic rings. The number of urea groups is 1. The zero-order chi connectivity index (χ0) is 33.0. The van der Waals surface area contributed by atoms with Gasteiger partial charge in [0, 0.05) is 57.3 Å². The maximum atomic E-state index is 14.1. The fourth-order valence-corrected chi connectivity index (χ4v) is 8.10. The van der Waals surface area contributed by atoms with Crippen LogP contribution in [0, 0.1) is 0 Å². The Labute approximate surface area is 283 Å². The third kappa shape index (κ3) is 7.37. The number of piperazine rings is 1. The van der Waals surface area contributed by atoms with E-state index in [0.717, 1.165) is 50.1 Å². The molecule has 3 aliphatic heterocycles. The summed E-state index contributed by atoms with van der Waals surface area (Å²) in [5, 5.41) is 7.76. The van der Waals surface area contributed by atoms with E-state index >= 15 is 0 Å². The minimum atomic E-state index is -0.630. The van der Waals surface area contributed by atoms with E-state index in [1.165, 1.54) is 41.5 Å². The smallest absolute Gasteiger partial charge is 0.338 e. The zero-order valence-corrected chi connectivity index (χ0v) is 28.3. The number of carbonyl (C=O) groups excluding carboxylic acids is 2. The number of nitrogens with zero attached hydrogens (tertiary/aromatic N) is 6. The lowest BCUT2D eigenvalue weighted by atomic mass is 9.89. The molecule has 256 valence electrons. The molecular formula is C37H50N8O3. The van der Waals surface area contributed by atoms with Gasteiger partial charge in [0.25, 0.3) is 0 Å². The van der Waals surface area contributed by atoms with E-state index in [-0.39, 0.29) is 23.7 Å². The van der Waals surface area contributed by atoms with E-state index in [9.17, 15) is 14.4 Å². The van der Waals surface area contributed by atoms with Crippen LogP contribution in [0.4, 0.5) is 4.79 Å². The predicted molar refractivity (Wildman–Crippen MR) is 186 cm³/mol. The Kier molecular flexibility index (Phi) is 9.95. The van der Waals surface area contributed by atoms with Gasteiger partial charge in [0.15, 0.2) is 5.82 Å². The summed E-state index contributed by atoms with van der Waals surface area (Å²) < 4.78 is 1.53. The molecule has 0 bridgehead atoms. The second-order valence-corrected chi connectivity index (χ2v) is 14.2. The molecule has 4 aliphatic rings. The number of amides is 3. The van der Waals surface area contributed by atoms with Crippen molar-refractivity contribution in [2.75, 3.05) is 59.4 Å². The van der Waals surface area contributed by atoms with Gasteiger partial charge in [-0.2, -0.15) is 0 Å². The Bertz CT molecular complexity index is 1610. The number of benzene rings is 2. The lowest BCUT2D eigenvalue weighted by Gasteiger charge is -2.43. The van der Waals surface area contributed by atoms with E-state index in [2.05, 4.69) is 50.4 Å². The van der Waals surface area contributed by atoms with Gasteiger partial charge in [0.05, 0.1) is 6.04 Å². The SMILES string of the molecule is CN1CCC(N2CCN(C(=O)[C@@H](Cc3ccc4c(c3)CCCC4)NC(=O)N3CCC(n4nc(-c5ccccc5)[nH]c4=O)CC3)CC2)CC1. The summed E-state index contributed by atoms with van der Waals surface area (Å²) in [6.07, 6.45) is 8.70. The van der Waals surface area contributed by atoms with Gasteiger partial charge in [-0.3, -0.25) is 14.7 Å². The minimum absolute atomic E-state index is 0.00972. The van der Waals surface area contributed by atoms with Gasteiger partial charge < -0.3 is 20.0 Å². The van der Waals surface area contributed by atoms with Crippen molar-refractivity contribution in [1.82, 2.24) is 39.7 Å². The number of aromatic amines is 1. The van der Waals surface area contributed by atoms with Crippen molar-refractivity contribution >= 4 is 11.9 Å². The van der Waals surface area contributed by atoms with Crippen LogP contribution in [0.1, 0.15) is 61.3 Å². The van der Waals surface area contributed by atoms with Gasteiger partial charge >= 0.3 is 11.7 Å². The maximum absolute atomic E-state index is 14.1. The van der Waals surface area contributed by atoms with E-state index in [1.54, 1.807) is 4.90 Å². The molecule has 1 aliphatic carbocycles. The molecule has 0 unspecified atom stereocenters. The Morgan fingerprint density at radius 2 is 1.52 bits per heavy atom. The van der Waals surface area contributed by atoms with Crippen LogP contribution in [-0.2, 0) is 24.1 Å². The normalized spacial score (nSPS) is 20.8. The lowest BCUT2D eigenvalue weighted by molar-refractivity contribution is -0.135. The number of hydrogen-bond donors (Lipinski definition) is 2. The average Bonchev–Trinajstić information content (AvgIpc) is 3.53. The predicted octanol–water partition coefficient (Wildman–Crippen LogP) is 3.31. The maximum Gasteiger partial charge on any atom is 0.343 e. The Morgan fingerprint density at radius 3 is 2.25 bits per heavy atom. The van der Waals surface area contributed by atoms with Crippen molar-refractivity contribution in [1.29, 1.82) is 0 Å². The van der Waals surface area contributed by atoms with E-state index in [0.29, 0.717) is 57.3 Å². The zero-order valence-electron chi connectivity index (χ0n) is 28.3. The Hall–Kier alpha value is -3.96. The lowest BCUT2D eigenvalue weighted by Crippen LogP contribution is -2.59. The van der Waals surface area contributed by atoms with Crippen molar-refractivity contribution in [3.63, 3.8) is 0 Å². The largest absolute Gasteiger partial charge is 0.343 e. The monoisotopic (exact) mass is 654 g/mol. The fourth-order valence-electron chi connectivity index (χ4n) is 8.10. The van der Waals surface area contributed by atoms with E-state index in [1.807, 2.05) is 35.2 Å².